The van der Waals surface area contributed by atoms with Gasteiger partial charge in [0.15, 0.2) is 0 Å². The molecule has 5 aliphatic carbocycles. The maximum absolute atomic E-state index is 11.8. The minimum atomic E-state index is -0.586. The smallest absolute Gasteiger partial charge is 0.0747 e. The summed E-state index contributed by atoms with van der Waals surface area (Å²) in [6.45, 7) is 7.20. The van der Waals surface area contributed by atoms with Crippen molar-refractivity contribution in [1.82, 2.24) is 0 Å². The number of nitriles is 1. The highest BCUT2D eigenvalue weighted by molar-refractivity contribution is 5.24. The number of nitrogens with zero attached hydrogens (tertiary/aromatic N) is 1. The van der Waals surface area contributed by atoms with E-state index in [4.69, 9.17) is 5.73 Å². The first-order valence-electron chi connectivity index (χ1n) is 10.6. The molecule has 0 aromatic heterocycles. The van der Waals surface area contributed by atoms with Gasteiger partial charge in [-0.15, -0.1) is 0 Å². The lowest BCUT2D eigenvalue weighted by molar-refractivity contribution is -0.214. The summed E-state index contributed by atoms with van der Waals surface area (Å²) in [6, 6.07) is 2.81. The van der Waals surface area contributed by atoms with Gasteiger partial charge in [-0.3, -0.25) is 0 Å². The van der Waals surface area contributed by atoms with Crippen molar-refractivity contribution in [3.63, 3.8) is 0 Å². The van der Waals surface area contributed by atoms with Crippen LogP contribution in [0.3, 0.4) is 0 Å². The summed E-state index contributed by atoms with van der Waals surface area (Å²) >= 11 is 0. The van der Waals surface area contributed by atoms with E-state index in [1.165, 1.54) is 25.7 Å². The molecule has 0 saturated heterocycles. The third-order valence-corrected chi connectivity index (χ3v) is 10.3. The van der Waals surface area contributed by atoms with Crippen LogP contribution in [0.25, 0.3) is 0 Å². The predicted molar refractivity (Wildman–Crippen MR) is 97.2 cm³/mol. The van der Waals surface area contributed by atoms with Gasteiger partial charge in [0.25, 0.3) is 0 Å². The fraction of sp³-hybridized carbons (Fsp3) is 0.955. The molecule has 3 nitrogen and oxygen atoms in total. The molecule has 0 aromatic carbocycles. The Labute approximate surface area is 152 Å². The molecule has 138 valence electrons. The molecule has 0 heterocycles. The van der Waals surface area contributed by atoms with Crippen LogP contribution in [0.2, 0.25) is 0 Å². The van der Waals surface area contributed by atoms with Gasteiger partial charge in [-0.1, -0.05) is 20.8 Å². The van der Waals surface area contributed by atoms with E-state index in [1.807, 2.05) is 0 Å². The van der Waals surface area contributed by atoms with Crippen molar-refractivity contribution >= 4 is 0 Å². The Morgan fingerprint density at radius 3 is 2.56 bits per heavy atom. The molecule has 5 fully saturated rings. The quantitative estimate of drug-likeness (QED) is 0.705. The molecule has 0 aliphatic heterocycles. The van der Waals surface area contributed by atoms with E-state index < -0.39 is 5.60 Å². The molecule has 5 saturated carbocycles. The normalized spacial score (nSPS) is 65.1. The van der Waals surface area contributed by atoms with Crippen LogP contribution in [-0.4, -0.2) is 16.7 Å². The van der Waals surface area contributed by atoms with Crippen molar-refractivity contribution < 1.29 is 5.11 Å². The zero-order chi connectivity index (χ0) is 17.8. The second kappa shape index (κ2) is 4.82. The lowest BCUT2D eigenvalue weighted by atomic mass is 9.43. The summed E-state index contributed by atoms with van der Waals surface area (Å²) in [6.07, 6.45) is 7.69. The van der Waals surface area contributed by atoms with Crippen molar-refractivity contribution in [3.8, 4) is 6.07 Å². The number of hydrogen-bond donors (Lipinski definition) is 2. The van der Waals surface area contributed by atoms with Crippen molar-refractivity contribution in [1.29, 1.82) is 5.26 Å². The summed E-state index contributed by atoms with van der Waals surface area (Å²) in [5.41, 5.74) is 6.43. The van der Waals surface area contributed by atoms with Crippen LogP contribution in [-0.2, 0) is 0 Å². The maximum Gasteiger partial charge on any atom is 0.0747 e. The molecule has 3 heteroatoms. The molecule has 0 bridgehead atoms. The van der Waals surface area contributed by atoms with Crippen LogP contribution in [0.15, 0.2) is 0 Å². The summed E-state index contributed by atoms with van der Waals surface area (Å²) in [4.78, 5) is 0. The second-order valence-corrected chi connectivity index (χ2v) is 11.0. The number of nitrogens with two attached hydrogens (primary N) is 1. The first-order chi connectivity index (χ1) is 11.8. The van der Waals surface area contributed by atoms with E-state index in [0.29, 0.717) is 35.1 Å². The average Bonchev–Trinajstić information content (AvgIpc) is 3.35. The SMILES string of the molecule is CC1CC2C3C4CC4C4(O)CC(C#N)CCC4(C)C3CCC2(C)C1N. The molecule has 25 heavy (non-hydrogen) atoms. The fourth-order valence-corrected chi connectivity index (χ4v) is 8.72. The van der Waals surface area contributed by atoms with Crippen molar-refractivity contribution in [2.24, 2.45) is 58.0 Å². The van der Waals surface area contributed by atoms with Crippen LogP contribution < -0.4 is 5.73 Å². The first kappa shape index (κ1) is 16.6. The lowest BCUT2D eigenvalue weighted by Crippen LogP contribution is -2.64. The molecule has 5 rings (SSSR count). The Hall–Kier alpha value is -0.590. The van der Waals surface area contributed by atoms with Gasteiger partial charge < -0.3 is 10.8 Å². The third kappa shape index (κ3) is 1.79. The van der Waals surface area contributed by atoms with Crippen LogP contribution in [0.4, 0.5) is 0 Å². The third-order valence-electron chi connectivity index (χ3n) is 10.3. The second-order valence-electron chi connectivity index (χ2n) is 11.0. The monoisotopic (exact) mass is 342 g/mol. The highest BCUT2D eigenvalue weighted by Crippen LogP contribution is 2.76. The Balaban J connectivity index is 1.54. The topological polar surface area (TPSA) is 70.0 Å². The Kier molecular flexibility index (Phi) is 3.19. The standard InChI is InChI=1S/C22H34N2O/c1-12-8-17-18-14-9-16(14)22(25)10-13(11-23)4-7-21(22,3)15(18)5-6-20(17,2)19(12)24/h12-19,25H,4-10,24H2,1-3H3. The summed E-state index contributed by atoms with van der Waals surface area (Å²) < 4.78 is 0. The summed E-state index contributed by atoms with van der Waals surface area (Å²) in [7, 11) is 0. The van der Waals surface area contributed by atoms with E-state index in [0.717, 1.165) is 31.1 Å². The highest BCUT2D eigenvalue weighted by Gasteiger charge is 2.74. The highest BCUT2D eigenvalue weighted by atomic mass is 16.3. The number of aliphatic hydroxyl groups is 1. The Morgan fingerprint density at radius 1 is 1.08 bits per heavy atom. The number of fused-ring (bicyclic) bond motifs is 8. The van der Waals surface area contributed by atoms with E-state index in [2.05, 4.69) is 26.8 Å². The van der Waals surface area contributed by atoms with Crippen LogP contribution in [0.5, 0.6) is 0 Å². The van der Waals surface area contributed by atoms with Gasteiger partial charge in [0.2, 0.25) is 0 Å². The minimum Gasteiger partial charge on any atom is -0.389 e. The minimum absolute atomic E-state index is 0.0138. The molecule has 0 aromatic rings. The van der Waals surface area contributed by atoms with Gasteiger partial charge >= 0.3 is 0 Å². The largest absolute Gasteiger partial charge is 0.389 e. The molecular weight excluding hydrogens is 308 g/mol. The van der Waals surface area contributed by atoms with Crippen LogP contribution in [0.1, 0.15) is 65.7 Å². The van der Waals surface area contributed by atoms with E-state index in [1.54, 1.807) is 0 Å². The Bertz CT molecular complexity index is 642. The predicted octanol–water partition coefficient (Wildman–Crippen LogP) is 3.71. The molecule has 0 radical (unpaired) electrons. The average molecular weight is 343 g/mol. The van der Waals surface area contributed by atoms with E-state index in [-0.39, 0.29) is 11.3 Å². The van der Waals surface area contributed by atoms with Gasteiger partial charge in [-0.2, -0.15) is 5.26 Å². The van der Waals surface area contributed by atoms with Gasteiger partial charge in [0.1, 0.15) is 0 Å². The molecule has 11 unspecified atom stereocenters. The molecular formula is C22H34N2O. The van der Waals surface area contributed by atoms with Crippen LogP contribution >= 0.6 is 0 Å². The maximum atomic E-state index is 11.8. The van der Waals surface area contributed by atoms with Gasteiger partial charge in [-0.05, 0) is 91.3 Å². The van der Waals surface area contributed by atoms with Gasteiger partial charge in [0.05, 0.1) is 11.7 Å². The van der Waals surface area contributed by atoms with Gasteiger partial charge in [0, 0.05) is 12.0 Å². The Morgan fingerprint density at radius 2 is 1.84 bits per heavy atom. The summed E-state index contributed by atoms with van der Waals surface area (Å²) in [5, 5.41) is 21.3. The zero-order valence-corrected chi connectivity index (χ0v) is 16.0. The van der Waals surface area contributed by atoms with Crippen molar-refractivity contribution in [2.45, 2.75) is 77.4 Å². The van der Waals surface area contributed by atoms with Gasteiger partial charge in [-0.25, -0.2) is 0 Å². The van der Waals surface area contributed by atoms with Crippen molar-refractivity contribution in [3.05, 3.63) is 0 Å². The number of rotatable bonds is 0. The molecule has 11 atom stereocenters. The molecule has 3 N–H and O–H groups in total. The molecule has 5 aliphatic rings. The van der Waals surface area contributed by atoms with E-state index in [9.17, 15) is 10.4 Å². The molecule has 0 amide bonds. The summed E-state index contributed by atoms with van der Waals surface area (Å²) in [5.74, 6) is 3.99. The first-order valence-corrected chi connectivity index (χ1v) is 10.6. The lowest BCUT2D eigenvalue weighted by Gasteiger charge is -2.63. The zero-order valence-electron chi connectivity index (χ0n) is 16.0. The van der Waals surface area contributed by atoms with Crippen molar-refractivity contribution in [2.75, 3.05) is 0 Å². The fourth-order valence-electron chi connectivity index (χ4n) is 8.72. The number of hydrogen-bond acceptors (Lipinski definition) is 3. The van der Waals surface area contributed by atoms with E-state index >= 15 is 0 Å². The van der Waals surface area contributed by atoms with Crippen LogP contribution in [0, 0.1) is 63.6 Å². The molecule has 0 spiro atoms.